The van der Waals surface area contributed by atoms with Crippen molar-refractivity contribution in [1.82, 2.24) is 5.32 Å². The molecule has 0 bridgehead atoms. The zero-order valence-corrected chi connectivity index (χ0v) is 14.3. The molecule has 0 unspecified atom stereocenters. The number of nitrogens with zero attached hydrogens (tertiary/aromatic N) is 2. The minimum absolute atomic E-state index is 0.0276. The second kappa shape index (κ2) is 10.0. The first kappa shape index (κ1) is 17.5. The molecule has 1 aliphatic rings. The maximum Gasteiger partial charge on any atom is 0.236 e. The summed E-state index contributed by atoms with van der Waals surface area (Å²) in [4.78, 5) is 11.0. The number of amides is 1. The SMILES string of the molecule is CCCCCCCOc1ccc(/C=N/N=C2NC(=O)CS2)cc1. The fourth-order valence-corrected chi connectivity index (χ4v) is 2.70. The summed E-state index contributed by atoms with van der Waals surface area (Å²) < 4.78 is 5.72. The highest BCUT2D eigenvalue weighted by molar-refractivity contribution is 8.15. The first-order valence-electron chi connectivity index (χ1n) is 8.04. The van der Waals surface area contributed by atoms with Crippen LogP contribution in [-0.2, 0) is 4.79 Å². The topological polar surface area (TPSA) is 63.1 Å². The Kier molecular flexibility index (Phi) is 7.66. The van der Waals surface area contributed by atoms with E-state index < -0.39 is 0 Å². The van der Waals surface area contributed by atoms with E-state index in [0.717, 1.165) is 24.3 Å². The highest BCUT2D eigenvalue weighted by Crippen LogP contribution is 2.13. The molecule has 1 aliphatic heterocycles. The molecule has 0 spiro atoms. The fourth-order valence-electron chi connectivity index (χ4n) is 2.07. The molecule has 5 nitrogen and oxygen atoms in total. The molecular formula is C17H23N3O2S. The van der Waals surface area contributed by atoms with Crippen LogP contribution >= 0.6 is 11.8 Å². The summed E-state index contributed by atoms with van der Waals surface area (Å²) in [5.74, 6) is 1.27. The Morgan fingerprint density at radius 2 is 2.00 bits per heavy atom. The van der Waals surface area contributed by atoms with Gasteiger partial charge in [0.25, 0.3) is 0 Å². The van der Waals surface area contributed by atoms with Crippen LogP contribution in [0.5, 0.6) is 5.75 Å². The lowest BCUT2D eigenvalue weighted by atomic mass is 10.2. The normalized spacial score (nSPS) is 16.2. The Hall–Kier alpha value is -1.82. The molecule has 1 aromatic carbocycles. The van der Waals surface area contributed by atoms with Crippen LogP contribution in [0.3, 0.4) is 0 Å². The number of unbranched alkanes of at least 4 members (excludes halogenated alkanes) is 4. The number of benzene rings is 1. The molecule has 124 valence electrons. The highest BCUT2D eigenvalue weighted by Gasteiger charge is 2.15. The number of carbonyl (C=O) groups excluding carboxylic acids is 1. The molecule has 1 amide bonds. The van der Waals surface area contributed by atoms with Crippen LogP contribution in [0, 0.1) is 0 Å². The molecule has 0 atom stereocenters. The summed E-state index contributed by atoms with van der Waals surface area (Å²) in [5, 5.41) is 11.1. The number of hydrogen-bond acceptors (Lipinski definition) is 5. The largest absolute Gasteiger partial charge is 0.494 e. The number of ether oxygens (including phenoxy) is 1. The van der Waals surface area contributed by atoms with Crippen LogP contribution < -0.4 is 10.1 Å². The van der Waals surface area contributed by atoms with E-state index in [0.29, 0.717) is 10.9 Å². The summed E-state index contributed by atoms with van der Waals surface area (Å²) in [6.07, 6.45) is 7.85. The minimum Gasteiger partial charge on any atom is -0.494 e. The van der Waals surface area contributed by atoms with E-state index in [-0.39, 0.29) is 5.91 Å². The Morgan fingerprint density at radius 1 is 1.22 bits per heavy atom. The van der Waals surface area contributed by atoms with Crippen LogP contribution in [0.4, 0.5) is 0 Å². The van der Waals surface area contributed by atoms with E-state index in [9.17, 15) is 4.79 Å². The smallest absolute Gasteiger partial charge is 0.236 e. The van der Waals surface area contributed by atoms with E-state index in [4.69, 9.17) is 4.74 Å². The van der Waals surface area contributed by atoms with Gasteiger partial charge in [0.1, 0.15) is 5.75 Å². The third-order valence-corrected chi connectivity index (χ3v) is 4.20. The van der Waals surface area contributed by atoms with Crippen LogP contribution in [0.25, 0.3) is 0 Å². The maximum atomic E-state index is 11.0. The van der Waals surface area contributed by atoms with Gasteiger partial charge < -0.3 is 10.1 Å². The maximum absolute atomic E-state index is 11.0. The molecule has 0 radical (unpaired) electrons. The second-order valence-electron chi connectivity index (χ2n) is 5.32. The van der Waals surface area contributed by atoms with Crippen molar-refractivity contribution in [3.8, 4) is 5.75 Å². The Bertz CT molecular complexity index is 555. The summed E-state index contributed by atoms with van der Waals surface area (Å²) in [6.45, 7) is 2.98. The second-order valence-corrected chi connectivity index (χ2v) is 6.28. The zero-order chi connectivity index (χ0) is 16.3. The number of amidine groups is 1. The van der Waals surface area contributed by atoms with Crippen LogP contribution in [0.15, 0.2) is 34.5 Å². The van der Waals surface area contributed by atoms with Crippen LogP contribution in [-0.4, -0.2) is 29.6 Å². The number of rotatable bonds is 9. The van der Waals surface area contributed by atoms with E-state index in [2.05, 4.69) is 22.4 Å². The molecule has 0 saturated carbocycles. The average molecular weight is 333 g/mol. The Labute approximate surface area is 141 Å². The Morgan fingerprint density at radius 3 is 2.70 bits per heavy atom. The van der Waals surface area contributed by atoms with Crippen molar-refractivity contribution in [2.24, 2.45) is 10.2 Å². The molecule has 0 aromatic heterocycles. The predicted molar refractivity (Wildman–Crippen MR) is 96.3 cm³/mol. The lowest BCUT2D eigenvalue weighted by Gasteiger charge is -2.06. The van der Waals surface area contributed by atoms with Gasteiger partial charge in [0.05, 0.1) is 18.6 Å². The molecule has 1 N–H and O–H groups in total. The minimum atomic E-state index is -0.0276. The van der Waals surface area contributed by atoms with Gasteiger partial charge in [-0.3, -0.25) is 4.79 Å². The monoisotopic (exact) mass is 333 g/mol. The van der Waals surface area contributed by atoms with Gasteiger partial charge in [0.2, 0.25) is 5.91 Å². The Balaban J connectivity index is 1.70. The van der Waals surface area contributed by atoms with Crippen molar-refractivity contribution in [1.29, 1.82) is 0 Å². The fraction of sp³-hybridized carbons (Fsp3) is 0.471. The van der Waals surface area contributed by atoms with Crippen molar-refractivity contribution < 1.29 is 9.53 Å². The summed E-state index contributed by atoms with van der Waals surface area (Å²) in [7, 11) is 0. The first-order valence-corrected chi connectivity index (χ1v) is 9.03. The molecule has 1 aromatic rings. The van der Waals surface area contributed by atoms with Gasteiger partial charge in [-0.05, 0) is 36.2 Å². The quantitative estimate of drug-likeness (QED) is 0.427. The van der Waals surface area contributed by atoms with Gasteiger partial charge in [-0.25, -0.2) is 0 Å². The first-order chi connectivity index (χ1) is 11.3. The van der Waals surface area contributed by atoms with E-state index >= 15 is 0 Å². The number of hydrogen-bond donors (Lipinski definition) is 1. The number of thioether (sulfide) groups is 1. The molecule has 0 aliphatic carbocycles. The van der Waals surface area contributed by atoms with Crippen molar-refractivity contribution in [2.75, 3.05) is 12.4 Å². The number of nitrogens with one attached hydrogen (secondary N) is 1. The molecule has 1 saturated heterocycles. The van der Waals surface area contributed by atoms with Gasteiger partial charge in [-0.15, -0.1) is 5.10 Å². The summed E-state index contributed by atoms with van der Waals surface area (Å²) in [6, 6.07) is 7.76. The molecule has 6 heteroatoms. The van der Waals surface area contributed by atoms with E-state index in [1.54, 1.807) is 6.21 Å². The van der Waals surface area contributed by atoms with Gasteiger partial charge in [-0.1, -0.05) is 44.4 Å². The number of carbonyl (C=O) groups is 1. The van der Waals surface area contributed by atoms with Crippen LogP contribution in [0.2, 0.25) is 0 Å². The van der Waals surface area contributed by atoms with E-state index in [1.807, 2.05) is 24.3 Å². The zero-order valence-electron chi connectivity index (χ0n) is 13.5. The predicted octanol–water partition coefficient (Wildman–Crippen LogP) is 3.59. The highest BCUT2D eigenvalue weighted by atomic mass is 32.2. The molecule has 23 heavy (non-hydrogen) atoms. The summed E-state index contributed by atoms with van der Waals surface area (Å²) in [5.41, 5.74) is 0.943. The molecular weight excluding hydrogens is 310 g/mol. The third-order valence-electron chi connectivity index (χ3n) is 3.34. The lowest BCUT2D eigenvalue weighted by molar-refractivity contribution is -0.116. The van der Waals surface area contributed by atoms with Gasteiger partial charge in [0.15, 0.2) is 5.17 Å². The standard InChI is InChI=1S/C17H23N3O2S/c1-2-3-4-5-6-11-22-15-9-7-14(8-10-15)12-18-20-17-19-16(21)13-23-17/h7-10,12H,2-6,11,13H2,1H3,(H,19,20,21)/b18-12+. The van der Waals surface area contributed by atoms with Gasteiger partial charge >= 0.3 is 0 Å². The van der Waals surface area contributed by atoms with Gasteiger partial charge in [-0.2, -0.15) is 5.10 Å². The third kappa shape index (κ3) is 6.86. The van der Waals surface area contributed by atoms with Crippen molar-refractivity contribution in [3.63, 3.8) is 0 Å². The van der Waals surface area contributed by atoms with E-state index in [1.165, 1.54) is 37.4 Å². The van der Waals surface area contributed by atoms with Crippen molar-refractivity contribution in [3.05, 3.63) is 29.8 Å². The van der Waals surface area contributed by atoms with Crippen molar-refractivity contribution in [2.45, 2.75) is 39.0 Å². The summed E-state index contributed by atoms with van der Waals surface area (Å²) >= 11 is 1.36. The van der Waals surface area contributed by atoms with Crippen molar-refractivity contribution >= 4 is 29.1 Å². The average Bonchev–Trinajstić information content (AvgIpc) is 2.97. The van der Waals surface area contributed by atoms with Crippen LogP contribution in [0.1, 0.15) is 44.6 Å². The van der Waals surface area contributed by atoms with Gasteiger partial charge in [0, 0.05) is 0 Å². The molecule has 2 rings (SSSR count). The molecule has 1 fully saturated rings. The molecule has 1 heterocycles. The lowest BCUT2D eigenvalue weighted by Crippen LogP contribution is -2.19.